The van der Waals surface area contributed by atoms with Gasteiger partial charge in [-0.1, -0.05) is 0 Å². The smallest absolute Gasteiger partial charge is 0.150 e. The third-order valence-electron chi connectivity index (χ3n) is 2.89. The maximum absolute atomic E-state index is 13.5. The minimum absolute atomic E-state index is 0.291. The molecule has 0 bridgehead atoms. The molecule has 1 heterocycles. The van der Waals surface area contributed by atoms with E-state index in [1.807, 2.05) is 34.4 Å². The SMILES string of the molecule is CCN(c1ccc(F)cc1)c1ncnc(C(C)F)c1I. The Labute approximate surface area is 130 Å². The number of alkyl halides is 1. The number of hydrogen-bond donors (Lipinski definition) is 0. The Morgan fingerprint density at radius 2 is 1.90 bits per heavy atom. The molecule has 1 unspecified atom stereocenters. The Kier molecular flexibility index (Phi) is 4.85. The van der Waals surface area contributed by atoms with Gasteiger partial charge in [0.05, 0.1) is 9.26 Å². The van der Waals surface area contributed by atoms with Gasteiger partial charge in [0, 0.05) is 12.2 Å². The largest absolute Gasteiger partial charge is 0.326 e. The molecule has 0 aliphatic carbocycles. The van der Waals surface area contributed by atoms with Gasteiger partial charge in [-0.25, -0.2) is 18.7 Å². The van der Waals surface area contributed by atoms with Crippen LogP contribution < -0.4 is 4.90 Å². The van der Waals surface area contributed by atoms with Gasteiger partial charge in [-0.15, -0.1) is 0 Å². The lowest BCUT2D eigenvalue weighted by molar-refractivity contribution is 0.363. The van der Waals surface area contributed by atoms with Crippen molar-refractivity contribution in [3.8, 4) is 0 Å². The van der Waals surface area contributed by atoms with Crippen molar-refractivity contribution in [1.82, 2.24) is 9.97 Å². The highest BCUT2D eigenvalue weighted by atomic mass is 127. The van der Waals surface area contributed by atoms with E-state index in [9.17, 15) is 8.78 Å². The molecular weight excluding hydrogens is 375 g/mol. The molecule has 20 heavy (non-hydrogen) atoms. The second kappa shape index (κ2) is 6.43. The van der Waals surface area contributed by atoms with Gasteiger partial charge in [-0.2, -0.15) is 0 Å². The second-order valence-corrected chi connectivity index (χ2v) is 5.31. The van der Waals surface area contributed by atoms with E-state index in [1.165, 1.54) is 25.4 Å². The average molecular weight is 389 g/mol. The van der Waals surface area contributed by atoms with E-state index in [0.717, 1.165) is 5.69 Å². The fraction of sp³-hybridized carbons (Fsp3) is 0.286. The maximum Gasteiger partial charge on any atom is 0.150 e. The standard InChI is InChI=1S/C14H14F2IN3/c1-3-20(11-6-4-10(16)5-7-11)14-12(17)13(9(2)15)18-8-19-14/h4-9H,3H2,1-2H3. The van der Waals surface area contributed by atoms with Crippen molar-refractivity contribution in [3.63, 3.8) is 0 Å². The van der Waals surface area contributed by atoms with E-state index in [2.05, 4.69) is 9.97 Å². The van der Waals surface area contributed by atoms with E-state index in [1.54, 1.807) is 12.1 Å². The summed E-state index contributed by atoms with van der Waals surface area (Å²) in [5.41, 5.74) is 1.18. The Morgan fingerprint density at radius 3 is 2.45 bits per heavy atom. The molecule has 0 aliphatic rings. The van der Waals surface area contributed by atoms with Crippen LogP contribution in [0, 0.1) is 9.39 Å². The third kappa shape index (κ3) is 3.05. The molecule has 0 spiro atoms. The van der Waals surface area contributed by atoms with Crippen LogP contribution in [0.1, 0.15) is 25.7 Å². The van der Waals surface area contributed by atoms with Crippen LogP contribution >= 0.6 is 22.6 Å². The molecule has 2 aromatic rings. The summed E-state index contributed by atoms with van der Waals surface area (Å²) in [6.07, 6.45) is 0.199. The van der Waals surface area contributed by atoms with Gasteiger partial charge in [0.1, 0.15) is 24.1 Å². The highest BCUT2D eigenvalue weighted by molar-refractivity contribution is 14.1. The molecule has 2 rings (SSSR count). The monoisotopic (exact) mass is 389 g/mol. The number of nitrogens with zero attached hydrogens (tertiary/aromatic N) is 3. The lowest BCUT2D eigenvalue weighted by Crippen LogP contribution is -2.19. The van der Waals surface area contributed by atoms with Crippen LogP contribution in [0.2, 0.25) is 0 Å². The zero-order valence-corrected chi connectivity index (χ0v) is 13.3. The summed E-state index contributed by atoms with van der Waals surface area (Å²) < 4.78 is 27.2. The van der Waals surface area contributed by atoms with Gasteiger partial charge in [0.2, 0.25) is 0 Å². The normalized spacial score (nSPS) is 12.2. The first-order chi connectivity index (χ1) is 9.54. The molecule has 0 amide bonds. The molecular formula is C14H14F2IN3. The van der Waals surface area contributed by atoms with Crippen LogP contribution in [0.4, 0.5) is 20.3 Å². The minimum atomic E-state index is -1.16. The summed E-state index contributed by atoms with van der Waals surface area (Å²) >= 11 is 2.05. The summed E-state index contributed by atoms with van der Waals surface area (Å²) in [5, 5.41) is 0. The molecule has 0 saturated heterocycles. The topological polar surface area (TPSA) is 29.0 Å². The summed E-state index contributed by atoms with van der Waals surface area (Å²) in [5.74, 6) is 0.342. The first-order valence-corrected chi connectivity index (χ1v) is 7.30. The zero-order valence-electron chi connectivity index (χ0n) is 11.1. The molecule has 1 atom stereocenters. The van der Waals surface area contributed by atoms with Crippen LogP contribution in [-0.2, 0) is 0 Å². The van der Waals surface area contributed by atoms with Crippen molar-refractivity contribution in [2.75, 3.05) is 11.4 Å². The molecule has 0 fully saturated rings. The zero-order chi connectivity index (χ0) is 14.7. The van der Waals surface area contributed by atoms with E-state index >= 15 is 0 Å². The average Bonchev–Trinajstić information content (AvgIpc) is 2.43. The fourth-order valence-corrected chi connectivity index (χ4v) is 2.91. The molecule has 3 nitrogen and oxygen atoms in total. The second-order valence-electron chi connectivity index (χ2n) is 4.23. The summed E-state index contributed by atoms with van der Waals surface area (Å²) in [4.78, 5) is 10.1. The van der Waals surface area contributed by atoms with Crippen molar-refractivity contribution in [1.29, 1.82) is 0 Å². The number of anilines is 2. The number of hydrogen-bond acceptors (Lipinski definition) is 3. The van der Waals surface area contributed by atoms with E-state index in [4.69, 9.17) is 0 Å². The summed E-state index contributed by atoms with van der Waals surface area (Å²) in [6.45, 7) is 4.04. The number of aromatic nitrogens is 2. The Balaban J connectivity index is 2.47. The molecule has 1 aromatic heterocycles. The Hall–Kier alpha value is -1.31. The van der Waals surface area contributed by atoms with Gasteiger partial charge >= 0.3 is 0 Å². The van der Waals surface area contributed by atoms with Crippen LogP contribution in [-0.4, -0.2) is 16.5 Å². The van der Waals surface area contributed by atoms with Gasteiger partial charge in [0.15, 0.2) is 0 Å². The molecule has 6 heteroatoms. The van der Waals surface area contributed by atoms with Crippen LogP contribution in [0.25, 0.3) is 0 Å². The number of benzene rings is 1. The summed E-state index contributed by atoms with van der Waals surface area (Å²) in [7, 11) is 0. The summed E-state index contributed by atoms with van der Waals surface area (Å²) in [6, 6.07) is 6.14. The van der Waals surface area contributed by atoms with Gasteiger partial charge in [0.25, 0.3) is 0 Å². The molecule has 0 radical (unpaired) electrons. The number of halogens is 3. The molecule has 0 N–H and O–H groups in total. The molecule has 106 valence electrons. The van der Waals surface area contributed by atoms with Crippen molar-refractivity contribution in [2.45, 2.75) is 20.0 Å². The Bertz CT molecular complexity index is 587. The van der Waals surface area contributed by atoms with Crippen LogP contribution in [0.5, 0.6) is 0 Å². The number of rotatable bonds is 4. The van der Waals surface area contributed by atoms with Crippen molar-refractivity contribution in [3.05, 3.63) is 45.7 Å². The van der Waals surface area contributed by atoms with Gasteiger partial charge < -0.3 is 4.90 Å². The van der Waals surface area contributed by atoms with E-state index < -0.39 is 6.17 Å². The first-order valence-electron chi connectivity index (χ1n) is 6.22. The minimum Gasteiger partial charge on any atom is -0.326 e. The van der Waals surface area contributed by atoms with Gasteiger partial charge in [-0.05, 0) is 60.7 Å². The van der Waals surface area contributed by atoms with Crippen LogP contribution in [0.15, 0.2) is 30.6 Å². The quantitative estimate of drug-likeness (QED) is 0.726. The van der Waals surface area contributed by atoms with Gasteiger partial charge in [-0.3, -0.25) is 0 Å². The molecule has 1 aromatic carbocycles. The van der Waals surface area contributed by atoms with Crippen molar-refractivity contribution in [2.24, 2.45) is 0 Å². The third-order valence-corrected chi connectivity index (χ3v) is 3.92. The fourth-order valence-electron chi connectivity index (χ4n) is 1.91. The lowest BCUT2D eigenvalue weighted by Gasteiger charge is -2.24. The van der Waals surface area contributed by atoms with Crippen molar-refractivity contribution >= 4 is 34.1 Å². The Morgan fingerprint density at radius 1 is 1.25 bits per heavy atom. The molecule has 0 aliphatic heterocycles. The maximum atomic E-state index is 13.5. The highest BCUT2D eigenvalue weighted by Crippen LogP contribution is 2.31. The van der Waals surface area contributed by atoms with Crippen LogP contribution in [0.3, 0.4) is 0 Å². The lowest BCUT2D eigenvalue weighted by atomic mass is 10.2. The van der Waals surface area contributed by atoms with E-state index in [0.29, 0.717) is 21.6 Å². The molecule has 0 saturated carbocycles. The highest BCUT2D eigenvalue weighted by Gasteiger charge is 2.18. The van der Waals surface area contributed by atoms with E-state index in [-0.39, 0.29) is 5.82 Å². The predicted molar refractivity (Wildman–Crippen MR) is 83.4 cm³/mol. The first kappa shape index (κ1) is 15.1. The van der Waals surface area contributed by atoms with Crippen molar-refractivity contribution < 1.29 is 8.78 Å². The predicted octanol–water partition coefficient (Wildman–Crippen LogP) is 4.41.